The minimum absolute atomic E-state index is 0.0280. The topological polar surface area (TPSA) is 120 Å². The Morgan fingerprint density at radius 3 is 2.67 bits per heavy atom. The summed E-state index contributed by atoms with van der Waals surface area (Å²) in [5, 5.41) is 7.40. The van der Waals surface area contributed by atoms with Crippen molar-refractivity contribution in [1.29, 1.82) is 0 Å². The Hall–Kier alpha value is -2.79. The lowest BCUT2D eigenvalue weighted by molar-refractivity contribution is 0.579. The van der Waals surface area contributed by atoms with Crippen molar-refractivity contribution in [3.05, 3.63) is 42.4 Å². The SMILES string of the molecule is CCn1cc(S(=O)(=O)NCCNc2cc(-n3ccc(C)n3)ncn2)nc1C. The first-order chi connectivity index (χ1) is 12.9. The summed E-state index contributed by atoms with van der Waals surface area (Å²) < 4.78 is 30.6. The number of aromatic nitrogens is 6. The number of aryl methyl sites for hydroxylation is 3. The standard InChI is InChI=1S/C16H22N8O2S/c1-4-23-10-16(21-13(23)3)27(25,26)20-7-6-17-14-9-15(19-11-18-14)24-8-5-12(2)22-24/h5,8-11,20H,4,6-7H2,1-3H3,(H,17,18,19). The Kier molecular flexibility index (Phi) is 5.51. The molecule has 0 aliphatic rings. The maximum absolute atomic E-state index is 12.3. The molecule has 0 aliphatic carbocycles. The number of imidazole rings is 1. The summed E-state index contributed by atoms with van der Waals surface area (Å²) in [5.74, 6) is 1.87. The van der Waals surface area contributed by atoms with Gasteiger partial charge in [-0.15, -0.1) is 0 Å². The number of rotatable bonds is 8. The largest absolute Gasteiger partial charge is 0.369 e. The molecule has 27 heavy (non-hydrogen) atoms. The van der Waals surface area contributed by atoms with E-state index in [1.165, 1.54) is 12.5 Å². The van der Waals surface area contributed by atoms with Crippen molar-refractivity contribution in [1.82, 2.24) is 34.0 Å². The molecule has 0 saturated carbocycles. The Bertz CT molecular complexity index is 1020. The van der Waals surface area contributed by atoms with Crippen molar-refractivity contribution in [2.75, 3.05) is 18.4 Å². The van der Waals surface area contributed by atoms with Gasteiger partial charge in [-0.05, 0) is 26.8 Å². The molecule has 0 aromatic carbocycles. The van der Waals surface area contributed by atoms with Crippen LogP contribution in [0.1, 0.15) is 18.4 Å². The molecule has 0 bridgehead atoms. The smallest absolute Gasteiger partial charge is 0.259 e. The third-order valence-corrected chi connectivity index (χ3v) is 5.23. The molecule has 3 heterocycles. The minimum Gasteiger partial charge on any atom is -0.369 e. The van der Waals surface area contributed by atoms with Gasteiger partial charge in [0.2, 0.25) is 0 Å². The molecule has 0 amide bonds. The van der Waals surface area contributed by atoms with Crippen LogP contribution in [0.15, 0.2) is 35.9 Å². The zero-order chi connectivity index (χ0) is 19.4. The molecule has 0 saturated heterocycles. The fraction of sp³-hybridized carbons (Fsp3) is 0.375. The monoisotopic (exact) mass is 390 g/mol. The summed E-state index contributed by atoms with van der Waals surface area (Å²) in [6, 6.07) is 3.62. The van der Waals surface area contributed by atoms with Gasteiger partial charge >= 0.3 is 0 Å². The highest BCUT2D eigenvalue weighted by atomic mass is 32.2. The van der Waals surface area contributed by atoms with Gasteiger partial charge in [-0.3, -0.25) is 0 Å². The third kappa shape index (κ3) is 4.49. The maximum Gasteiger partial charge on any atom is 0.259 e. The number of hydrogen-bond donors (Lipinski definition) is 2. The van der Waals surface area contributed by atoms with Crippen LogP contribution in [0, 0.1) is 13.8 Å². The highest BCUT2D eigenvalue weighted by Crippen LogP contribution is 2.10. The molecule has 0 fully saturated rings. The second-order valence-electron chi connectivity index (χ2n) is 5.90. The van der Waals surface area contributed by atoms with Crippen molar-refractivity contribution < 1.29 is 8.42 Å². The van der Waals surface area contributed by atoms with Crippen LogP contribution < -0.4 is 10.0 Å². The third-order valence-electron chi connectivity index (χ3n) is 3.90. The second kappa shape index (κ2) is 7.84. The van der Waals surface area contributed by atoms with Crippen LogP contribution in [0.4, 0.5) is 5.82 Å². The molecule has 10 nitrogen and oxygen atoms in total. The highest BCUT2D eigenvalue weighted by Gasteiger charge is 2.18. The number of hydrogen-bond acceptors (Lipinski definition) is 7. The van der Waals surface area contributed by atoms with Gasteiger partial charge in [-0.25, -0.2) is 32.8 Å². The summed E-state index contributed by atoms with van der Waals surface area (Å²) in [7, 11) is -3.64. The molecular weight excluding hydrogens is 368 g/mol. The van der Waals surface area contributed by atoms with Gasteiger partial charge in [0.15, 0.2) is 10.8 Å². The fourth-order valence-electron chi connectivity index (χ4n) is 2.49. The van der Waals surface area contributed by atoms with Crippen LogP contribution in [-0.2, 0) is 16.6 Å². The lowest BCUT2D eigenvalue weighted by Gasteiger charge is -2.08. The first kappa shape index (κ1) is 19.0. The highest BCUT2D eigenvalue weighted by molar-refractivity contribution is 7.89. The van der Waals surface area contributed by atoms with Crippen molar-refractivity contribution >= 4 is 15.8 Å². The average Bonchev–Trinajstić information content (AvgIpc) is 3.25. The number of nitrogens with one attached hydrogen (secondary N) is 2. The van der Waals surface area contributed by atoms with Gasteiger partial charge in [0.1, 0.15) is 18.0 Å². The van der Waals surface area contributed by atoms with E-state index in [1.807, 2.05) is 26.1 Å². The van der Waals surface area contributed by atoms with Crippen molar-refractivity contribution in [2.45, 2.75) is 32.3 Å². The molecular formula is C16H22N8O2S. The molecule has 3 aromatic rings. The van der Waals surface area contributed by atoms with Crippen LogP contribution in [0.2, 0.25) is 0 Å². The quantitative estimate of drug-likeness (QED) is 0.548. The summed E-state index contributed by atoms with van der Waals surface area (Å²) in [6.45, 7) is 6.83. The molecule has 0 aliphatic heterocycles. The maximum atomic E-state index is 12.3. The predicted molar refractivity (Wildman–Crippen MR) is 100 cm³/mol. The van der Waals surface area contributed by atoms with Crippen LogP contribution in [0.3, 0.4) is 0 Å². The van der Waals surface area contributed by atoms with Crippen molar-refractivity contribution in [3.63, 3.8) is 0 Å². The van der Waals surface area contributed by atoms with E-state index in [0.29, 0.717) is 30.5 Å². The molecule has 144 valence electrons. The van der Waals surface area contributed by atoms with Gasteiger partial charge in [0.25, 0.3) is 10.0 Å². The van der Waals surface area contributed by atoms with Gasteiger partial charge in [-0.1, -0.05) is 0 Å². The molecule has 0 radical (unpaired) electrons. The van der Waals surface area contributed by atoms with Gasteiger partial charge in [-0.2, -0.15) is 5.10 Å². The number of sulfonamides is 1. The zero-order valence-corrected chi connectivity index (χ0v) is 16.2. The summed E-state index contributed by atoms with van der Waals surface area (Å²) in [4.78, 5) is 12.4. The van der Waals surface area contributed by atoms with E-state index in [2.05, 4.69) is 30.1 Å². The molecule has 0 atom stereocenters. The summed E-state index contributed by atoms with van der Waals surface area (Å²) in [6.07, 6.45) is 4.78. The molecule has 0 unspecified atom stereocenters. The van der Waals surface area contributed by atoms with Crippen LogP contribution in [0.5, 0.6) is 0 Å². The first-order valence-electron chi connectivity index (χ1n) is 8.51. The van der Waals surface area contributed by atoms with E-state index < -0.39 is 10.0 Å². The first-order valence-corrected chi connectivity index (χ1v) is 9.99. The zero-order valence-electron chi connectivity index (χ0n) is 15.4. The predicted octanol–water partition coefficient (Wildman–Crippen LogP) is 0.886. The van der Waals surface area contributed by atoms with Gasteiger partial charge < -0.3 is 9.88 Å². The van der Waals surface area contributed by atoms with E-state index in [-0.39, 0.29) is 11.6 Å². The Balaban J connectivity index is 1.57. The molecule has 3 aromatic heterocycles. The Labute approximate surface area is 157 Å². The van der Waals surface area contributed by atoms with E-state index in [0.717, 1.165) is 5.69 Å². The van der Waals surface area contributed by atoms with E-state index in [9.17, 15) is 8.42 Å². The molecule has 2 N–H and O–H groups in total. The second-order valence-corrected chi connectivity index (χ2v) is 7.61. The van der Waals surface area contributed by atoms with Crippen LogP contribution >= 0.6 is 0 Å². The lowest BCUT2D eigenvalue weighted by atomic mass is 10.5. The Morgan fingerprint density at radius 2 is 2.00 bits per heavy atom. The molecule has 0 spiro atoms. The van der Waals surface area contributed by atoms with E-state index in [4.69, 9.17) is 0 Å². The normalized spacial score (nSPS) is 11.7. The average molecular weight is 390 g/mol. The minimum atomic E-state index is -3.64. The lowest BCUT2D eigenvalue weighted by Crippen LogP contribution is -2.29. The number of nitrogens with zero attached hydrogens (tertiary/aromatic N) is 6. The van der Waals surface area contributed by atoms with Gasteiger partial charge in [0, 0.05) is 38.1 Å². The van der Waals surface area contributed by atoms with Crippen LogP contribution in [0.25, 0.3) is 5.82 Å². The molecule has 11 heteroatoms. The fourth-order valence-corrected chi connectivity index (χ4v) is 3.53. The van der Waals surface area contributed by atoms with Crippen molar-refractivity contribution in [2.24, 2.45) is 0 Å². The van der Waals surface area contributed by atoms with E-state index in [1.54, 1.807) is 22.2 Å². The van der Waals surface area contributed by atoms with Gasteiger partial charge in [0.05, 0.1) is 5.69 Å². The summed E-state index contributed by atoms with van der Waals surface area (Å²) in [5.41, 5.74) is 0.887. The van der Waals surface area contributed by atoms with Crippen LogP contribution in [-0.4, -0.2) is 50.8 Å². The Morgan fingerprint density at radius 1 is 1.19 bits per heavy atom. The number of anilines is 1. The summed E-state index contributed by atoms with van der Waals surface area (Å²) >= 11 is 0. The molecule has 3 rings (SSSR count). The van der Waals surface area contributed by atoms with Crippen molar-refractivity contribution in [3.8, 4) is 5.82 Å². The van der Waals surface area contributed by atoms with E-state index >= 15 is 0 Å².